The fourth-order valence-electron chi connectivity index (χ4n) is 3.25. The van der Waals surface area contributed by atoms with Gasteiger partial charge in [-0.15, -0.1) is 0 Å². The predicted molar refractivity (Wildman–Crippen MR) is 84.2 cm³/mol. The molecule has 0 bridgehead atoms. The van der Waals surface area contributed by atoms with Gasteiger partial charge in [0.25, 0.3) is 0 Å². The van der Waals surface area contributed by atoms with E-state index in [1.165, 1.54) is 6.07 Å². The average Bonchev–Trinajstić information content (AvgIpc) is 2.89. The van der Waals surface area contributed by atoms with Crippen LogP contribution >= 0.6 is 0 Å². The number of halogens is 1. The van der Waals surface area contributed by atoms with Crippen molar-refractivity contribution in [1.29, 1.82) is 5.26 Å². The van der Waals surface area contributed by atoms with E-state index in [1.54, 1.807) is 6.92 Å². The van der Waals surface area contributed by atoms with Gasteiger partial charge in [-0.05, 0) is 50.3 Å². The van der Waals surface area contributed by atoms with Gasteiger partial charge in [-0.1, -0.05) is 12.2 Å². The second-order valence-corrected chi connectivity index (χ2v) is 5.69. The van der Waals surface area contributed by atoms with Crippen LogP contribution in [-0.2, 0) is 11.2 Å². The fourth-order valence-corrected chi connectivity index (χ4v) is 3.25. The second kappa shape index (κ2) is 5.94. The molecule has 3 rings (SSSR count). The van der Waals surface area contributed by atoms with Crippen LogP contribution in [0.2, 0.25) is 0 Å². The molecule has 2 aromatic rings. The first-order valence-electron chi connectivity index (χ1n) is 7.63. The second-order valence-electron chi connectivity index (χ2n) is 5.69. The molecular formula is C18H19FN2O. The summed E-state index contributed by atoms with van der Waals surface area (Å²) in [6.45, 7) is 4.39. The number of aromatic nitrogens is 1. The zero-order valence-electron chi connectivity index (χ0n) is 12.9. The molecule has 1 aromatic carbocycles. The Morgan fingerprint density at radius 2 is 2.36 bits per heavy atom. The summed E-state index contributed by atoms with van der Waals surface area (Å²) in [5.74, 6) is -0.298. The van der Waals surface area contributed by atoms with E-state index in [2.05, 4.69) is 17.1 Å². The van der Waals surface area contributed by atoms with E-state index in [0.717, 1.165) is 29.5 Å². The molecule has 1 unspecified atom stereocenters. The summed E-state index contributed by atoms with van der Waals surface area (Å²) in [5, 5.41) is 10.2. The highest BCUT2D eigenvalue weighted by atomic mass is 19.1. The maximum absolute atomic E-state index is 14.3. The largest absolute Gasteiger partial charge is 0.372 e. The summed E-state index contributed by atoms with van der Waals surface area (Å²) in [6, 6.07) is 3.66. The SMILES string of the molecule is C/C=C/CCC1OCCc2c1[nH]c1c(F)cc(C)c(C#N)c21. The zero-order chi connectivity index (χ0) is 15.7. The third-order valence-electron chi connectivity index (χ3n) is 4.30. The first-order valence-corrected chi connectivity index (χ1v) is 7.63. The van der Waals surface area contributed by atoms with Gasteiger partial charge in [0.15, 0.2) is 0 Å². The summed E-state index contributed by atoms with van der Waals surface area (Å²) in [6.07, 6.45) is 6.55. The number of nitrogens with one attached hydrogen (secondary N) is 1. The maximum atomic E-state index is 14.3. The van der Waals surface area contributed by atoms with Crippen LogP contribution in [-0.4, -0.2) is 11.6 Å². The van der Waals surface area contributed by atoms with Crippen molar-refractivity contribution in [3.8, 4) is 6.07 Å². The number of nitriles is 1. The average molecular weight is 298 g/mol. The summed E-state index contributed by atoms with van der Waals surface area (Å²) in [7, 11) is 0. The van der Waals surface area contributed by atoms with Crippen LogP contribution in [0.15, 0.2) is 18.2 Å². The Morgan fingerprint density at radius 3 is 3.09 bits per heavy atom. The van der Waals surface area contributed by atoms with Gasteiger partial charge in [-0.25, -0.2) is 4.39 Å². The Kier molecular flexibility index (Phi) is 4.00. The van der Waals surface area contributed by atoms with E-state index < -0.39 is 0 Å². The molecule has 1 aromatic heterocycles. The minimum atomic E-state index is -0.298. The molecule has 0 saturated carbocycles. The zero-order valence-corrected chi connectivity index (χ0v) is 12.9. The lowest BCUT2D eigenvalue weighted by Gasteiger charge is -2.23. The highest BCUT2D eigenvalue weighted by Gasteiger charge is 2.27. The van der Waals surface area contributed by atoms with Crippen molar-refractivity contribution in [3.63, 3.8) is 0 Å². The van der Waals surface area contributed by atoms with Crippen LogP contribution in [0.25, 0.3) is 10.9 Å². The molecule has 3 nitrogen and oxygen atoms in total. The van der Waals surface area contributed by atoms with Gasteiger partial charge in [0.2, 0.25) is 0 Å². The highest BCUT2D eigenvalue weighted by Crippen LogP contribution is 2.38. The van der Waals surface area contributed by atoms with Crippen LogP contribution in [0.1, 0.15) is 48.3 Å². The molecule has 1 atom stereocenters. The van der Waals surface area contributed by atoms with E-state index in [4.69, 9.17) is 4.74 Å². The Hall–Kier alpha value is -2.12. The molecule has 22 heavy (non-hydrogen) atoms. The van der Waals surface area contributed by atoms with E-state index in [1.807, 2.05) is 13.0 Å². The minimum absolute atomic E-state index is 0.0569. The third kappa shape index (κ3) is 2.32. The van der Waals surface area contributed by atoms with Crippen molar-refractivity contribution >= 4 is 10.9 Å². The first kappa shape index (κ1) is 14.8. The number of allylic oxidation sites excluding steroid dienone is 2. The number of nitrogens with zero attached hydrogens (tertiary/aromatic N) is 1. The molecule has 1 aliphatic rings. The van der Waals surface area contributed by atoms with E-state index in [9.17, 15) is 9.65 Å². The summed E-state index contributed by atoms with van der Waals surface area (Å²) in [4.78, 5) is 3.19. The van der Waals surface area contributed by atoms with Crippen molar-refractivity contribution in [1.82, 2.24) is 4.98 Å². The van der Waals surface area contributed by atoms with Crippen molar-refractivity contribution in [2.75, 3.05) is 6.61 Å². The molecule has 0 saturated heterocycles. The Labute approximate surface area is 129 Å². The van der Waals surface area contributed by atoms with E-state index >= 15 is 0 Å². The molecule has 2 heterocycles. The fraction of sp³-hybridized carbons (Fsp3) is 0.389. The molecule has 1 aliphatic heterocycles. The number of rotatable bonds is 3. The monoisotopic (exact) mass is 298 g/mol. The number of hydrogen-bond donors (Lipinski definition) is 1. The number of ether oxygens (including phenoxy) is 1. The molecule has 0 amide bonds. The quantitative estimate of drug-likeness (QED) is 0.851. The number of benzene rings is 1. The Balaban J connectivity index is 2.15. The van der Waals surface area contributed by atoms with Gasteiger partial charge < -0.3 is 9.72 Å². The molecule has 1 N–H and O–H groups in total. The smallest absolute Gasteiger partial charge is 0.147 e. The highest BCUT2D eigenvalue weighted by molar-refractivity contribution is 5.92. The number of hydrogen-bond acceptors (Lipinski definition) is 2. The van der Waals surface area contributed by atoms with Gasteiger partial charge in [-0.2, -0.15) is 5.26 Å². The summed E-state index contributed by atoms with van der Waals surface area (Å²) >= 11 is 0. The lowest BCUT2D eigenvalue weighted by Crippen LogP contribution is -2.15. The van der Waals surface area contributed by atoms with Crippen LogP contribution in [0.5, 0.6) is 0 Å². The van der Waals surface area contributed by atoms with Gasteiger partial charge in [0.1, 0.15) is 11.9 Å². The topological polar surface area (TPSA) is 48.8 Å². The molecule has 0 radical (unpaired) electrons. The summed E-state index contributed by atoms with van der Waals surface area (Å²) < 4.78 is 20.1. The normalized spacial score (nSPS) is 17.8. The van der Waals surface area contributed by atoms with Crippen LogP contribution < -0.4 is 0 Å². The van der Waals surface area contributed by atoms with Gasteiger partial charge in [-0.3, -0.25) is 0 Å². The van der Waals surface area contributed by atoms with Crippen molar-refractivity contribution in [2.45, 2.75) is 39.2 Å². The van der Waals surface area contributed by atoms with E-state index in [0.29, 0.717) is 29.7 Å². The van der Waals surface area contributed by atoms with Crippen LogP contribution in [0, 0.1) is 24.1 Å². The molecular weight excluding hydrogens is 279 g/mol. The number of fused-ring (bicyclic) bond motifs is 3. The third-order valence-corrected chi connectivity index (χ3v) is 4.30. The number of aromatic amines is 1. The Morgan fingerprint density at radius 1 is 1.55 bits per heavy atom. The molecule has 0 aliphatic carbocycles. The predicted octanol–water partition coefficient (Wildman–Crippen LogP) is 4.46. The Bertz CT molecular complexity index is 783. The number of aryl methyl sites for hydroxylation is 1. The van der Waals surface area contributed by atoms with Crippen LogP contribution in [0.3, 0.4) is 0 Å². The van der Waals surface area contributed by atoms with Crippen molar-refractivity contribution < 1.29 is 9.13 Å². The maximum Gasteiger partial charge on any atom is 0.147 e. The molecule has 0 fully saturated rings. The molecule has 0 spiro atoms. The molecule has 114 valence electrons. The van der Waals surface area contributed by atoms with Gasteiger partial charge >= 0.3 is 0 Å². The molecule has 4 heteroatoms. The first-order chi connectivity index (χ1) is 10.7. The van der Waals surface area contributed by atoms with Crippen LogP contribution in [0.4, 0.5) is 4.39 Å². The summed E-state index contributed by atoms with van der Waals surface area (Å²) in [5.41, 5.74) is 3.68. The van der Waals surface area contributed by atoms with Crippen molar-refractivity contribution in [2.24, 2.45) is 0 Å². The standard InChI is InChI=1S/C18H19FN2O/c1-3-4-5-6-15-17-12(7-8-22-15)16-13(10-20)11(2)9-14(19)18(16)21-17/h3-4,9,15,21H,5-8H2,1-2H3/b4-3+. The van der Waals surface area contributed by atoms with Gasteiger partial charge in [0, 0.05) is 11.1 Å². The van der Waals surface area contributed by atoms with E-state index in [-0.39, 0.29) is 11.9 Å². The van der Waals surface area contributed by atoms with Gasteiger partial charge in [0.05, 0.1) is 23.8 Å². The lowest BCUT2D eigenvalue weighted by molar-refractivity contribution is 0.0350. The minimum Gasteiger partial charge on any atom is -0.372 e. The number of H-pyrrole nitrogens is 1. The lowest BCUT2D eigenvalue weighted by atomic mass is 9.95. The van der Waals surface area contributed by atoms with Crippen molar-refractivity contribution in [3.05, 3.63) is 46.4 Å².